The van der Waals surface area contributed by atoms with E-state index in [2.05, 4.69) is 188 Å². The van der Waals surface area contributed by atoms with Gasteiger partial charge >= 0.3 is 0 Å². The maximum Gasteiger partial charge on any atom is 0.0537 e. The molecule has 0 radical (unpaired) electrons. The zero-order valence-electron chi connectivity index (χ0n) is 29.9. The maximum absolute atomic E-state index is 3.88. The third-order valence-electron chi connectivity index (χ3n) is 12.1. The largest absolute Gasteiger partial charge is 0.310 e. The Bertz CT molecular complexity index is 3050. The highest BCUT2D eigenvalue weighted by molar-refractivity contribution is 6.17. The number of hydrogen-bond acceptors (Lipinski definition) is 0. The fourth-order valence-electron chi connectivity index (χ4n) is 9.69. The van der Waals surface area contributed by atoms with Crippen LogP contribution >= 0.6 is 0 Å². The number of nitrogens with zero attached hydrogens (tertiary/aromatic N) is 1. The second-order valence-corrected chi connectivity index (χ2v) is 15.2. The summed E-state index contributed by atoms with van der Waals surface area (Å²) < 4.78 is 2.47. The Morgan fingerprint density at radius 1 is 0.585 bits per heavy atom. The van der Waals surface area contributed by atoms with Crippen molar-refractivity contribution in [3.63, 3.8) is 0 Å². The van der Waals surface area contributed by atoms with Gasteiger partial charge in [0.15, 0.2) is 0 Å². The molecule has 8 aromatic rings. The number of hydrogen-bond donors (Lipinski definition) is 0. The van der Waals surface area contributed by atoms with Crippen molar-refractivity contribution in [2.75, 3.05) is 0 Å². The van der Waals surface area contributed by atoms with Crippen LogP contribution in [-0.2, 0) is 11.8 Å². The van der Waals surface area contributed by atoms with Crippen molar-refractivity contribution in [2.45, 2.75) is 32.1 Å². The zero-order chi connectivity index (χ0) is 35.3. The van der Waals surface area contributed by atoms with Crippen LogP contribution < -0.4 is 0 Å². The molecule has 1 heteroatoms. The predicted octanol–water partition coefficient (Wildman–Crippen LogP) is 13.6. The smallest absolute Gasteiger partial charge is 0.0537 e. The van der Waals surface area contributed by atoms with Crippen molar-refractivity contribution in [1.29, 1.82) is 0 Å². The number of aromatic nitrogens is 1. The van der Waals surface area contributed by atoms with E-state index in [0.717, 1.165) is 18.4 Å². The van der Waals surface area contributed by atoms with Gasteiger partial charge in [-0.15, -0.1) is 5.73 Å². The van der Waals surface area contributed by atoms with Crippen LogP contribution in [0.2, 0.25) is 0 Å². The Hall–Kier alpha value is -6.40. The summed E-state index contributed by atoms with van der Waals surface area (Å²) in [6.45, 7) is 4.78. The summed E-state index contributed by atoms with van der Waals surface area (Å²) in [4.78, 5) is 0. The molecule has 3 aliphatic rings. The van der Waals surface area contributed by atoms with Crippen LogP contribution in [-0.4, -0.2) is 4.57 Å². The first-order valence-corrected chi connectivity index (χ1v) is 18.8. The third-order valence-corrected chi connectivity index (χ3v) is 12.1. The molecule has 0 N–H and O–H groups in total. The first-order chi connectivity index (χ1) is 26.1. The van der Waals surface area contributed by atoms with Crippen molar-refractivity contribution in [3.05, 3.63) is 197 Å². The van der Waals surface area contributed by atoms with E-state index in [4.69, 9.17) is 0 Å². The van der Waals surface area contributed by atoms with E-state index < -0.39 is 0 Å². The van der Waals surface area contributed by atoms with Crippen molar-refractivity contribution in [1.82, 2.24) is 4.57 Å². The molecule has 3 aliphatic carbocycles. The minimum atomic E-state index is -0.189. The Kier molecular flexibility index (Phi) is 6.45. The molecule has 0 amide bonds. The van der Waals surface area contributed by atoms with E-state index in [9.17, 15) is 0 Å². The van der Waals surface area contributed by atoms with Crippen LogP contribution in [0.1, 0.15) is 48.2 Å². The Labute approximate surface area is 309 Å². The monoisotopic (exact) mass is 675 g/mol. The molecule has 0 bridgehead atoms. The van der Waals surface area contributed by atoms with Crippen molar-refractivity contribution >= 4 is 60.4 Å². The van der Waals surface area contributed by atoms with Crippen molar-refractivity contribution in [2.24, 2.45) is 0 Å². The lowest BCUT2D eigenvalue weighted by atomic mass is 9.78. The molecule has 53 heavy (non-hydrogen) atoms. The summed E-state index contributed by atoms with van der Waals surface area (Å²) in [6.07, 6.45) is 13.8. The van der Waals surface area contributed by atoms with E-state index in [1.165, 1.54) is 99.1 Å². The summed E-state index contributed by atoms with van der Waals surface area (Å²) in [6, 6.07) is 49.3. The Morgan fingerprint density at radius 2 is 1.28 bits per heavy atom. The standard InChI is InChI=1S/C52H37N/c1-52(2)47-31-27-34(26-29-45(47)50-43-21-7-5-17-39(43)40-18-6-8-22-44(40)51(50)52)37-30-28-35(32-46(37)38-23-13-15-33-14-3-4-16-36(33)38)53-48-24-11-9-19-41(48)42-20-10-12-25-49(42)53/h3-9,11-19,21-26,28-32H,10,20H2,1-2H3. The highest BCUT2D eigenvalue weighted by Gasteiger charge is 2.39. The molecule has 0 saturated carbocycles. The van der Waals surface area contributed by atoms with Crippen LogP contribution in [0.25, 0.3) is 77.3 Å². The summed E-state index contributed by atoms with van der Waals surface area (Å²) in [5.74, 6) is 0. The number of para-hydroxylation sites is 1. The fourth-order valence-corrected chi connectivity index (χ4v) is 9.69. The zero-order valence-corrected chi connectivity index (χ0v) is 29.9. The second-order valence-electron chi connectivity index (χ2n) is 15.2. The Morgan fingerprint density at radius 3 is 2.13 bits per heavy atom. The molecule has 1 heterocycles. The summed E-state index contributed by atoms with van der Waals surface area (Å²) in [7, 11) is 0. The minimum Gasteiger partial charge on any atom is -0.310 e. The molecular formula is C52H37N. The predicted molar refractivity (Wildman–Crippen MR) is 226 cm³/mol. The minimum absolute atomic E-state index is 0.189. The van der Waals surface area contributed by atoms with Gasteiger partial charge in [-0.3, -0.25) is 0 Å². The van der Waals surface area contributed by atoms with Crippen LogP contribution in [0.4, 0.5) is 0 Å². The summed E-state index contributed by atoms with van der Waals surface area (Å²) in [5, 5.41) is 9.14. The molecule has 11 rings (SSSR count). The lowest BCUT2D eigenvalue weighted by molar-refractivity contribution is 0.661. The van der Waals surface area contributed by atoms with Crippen LogP contribution in [0.3, 0.4) is 0 Å². The lowest BCUT2D eigenvalue weighted by Crippen LogP contribution is -2.16. The van der Waals surface area contributed by atoms with E-state index in [-0.39, 0.29) is 5.41 Å². The van der Waals surface area contributed by atoms with Gasteiger partial charge in [-0.2, -0.15) is 0 Å². The summed E-state index contributed by atoms with van der Waals surface area (Å²) in [5.41, 5.74) is 19.0. The number of fused-ring (bicyclic) bond motifs is 11. The van der Waals surface area contributed by atoms with Crippen LogP contribution in [0.15, 0.2) is 169 Å². The average Bonchev–Trinajstić information content (AvgIpc) is 3.53. The molecule has 7 aromatic carbocycles. The van der Waals surface area contributed by atoms with Gasteiger partial charge in [-0.05, 0) is 126 Å². The number of aryl methyl sites for hydroxylation is 1. The molecular weight excluding hydrogens is 639 g/mol. The molecule has 250 valence electrons. The molecule has 0 unspecified atom stereocenters. The van der Waals surface area contributed by atoms with E-state index in [1.807, 2.05) is 0 Å². The van der Waals surface area contributed by atoms with Gasteiger partial charge in [0, 0.05) is 27.8 Å². The average molecular weight is 676 g/mol. The quantitative estimate of drug-likeness (QED) is 0.130. The van der Waals surface area contributed by atoms with Gasteiger partial charge < -0.3 is 4.57 Å². The number of rotatable bonds is 3. The number of allylic oxidation sites excluding steroid dienone is 6. The Balaban J connectivity index is 1.14. The van der Waals surface area contributed by atoms with E-state index >= 15 is 0 Å². The SMILES string of the molecule is CC1(C)C2=C(C=CC(c3ccc(-n4c5c(c6ccccc64)CCC=C5)cc3-c3cccc4ccccc34)=C=C2)c2c1c1ccccc1c1ccccc21. The first-order valence-electron chi connectivity index (χ1n) is 18.8. The normalized spacial score (nSPS) is 15.6. The summed E-state index contributed by atoms with van der Waals surface area (Å²) >= 11 is 0. The van der Waals surface area contributed by atoms with Gasteiger partial charge in [0.05, 0.1) is 5.52 Å². The molecule has 0 aliphatic heterocycles. The van der Waals surface area contributed by atoms with E-state index in [1.54, 1.807) is 0 Å². The van der Waals surface area contributed by atoms with Gasteiger partial charge in [0.1, 0.15) is 0 Å². The topological polar surface area (TPSA) is 4.93 Å². The lowest BCUT2D eigenvalue weighted by Gasteiger charge is -2.25. The van der Waals surface area contributed by atoms with Crippen LogP contribution in [0, 0.1) is 0 Å². The maximum atomic E-state index is 3.88. The van der Waals surface area contributed by atoms with Gasteiger partial charge in [0.25, 0.3) is 0 Å². The van der Waals surface area contributed by atoms with Crippen molar-refractivity contribution in [3.8, 4) is 16.8 Å². The molecule has 1 aromatic heterocycles. The highest BCUT2D eigenvalue weighted by Crippen LogP contribution is 2.54. The number of benzene rings is 7. The fraction of sp³-hybridized carbons (Fsp3) is 0.0962. The van der Waals surface area contributed by atoms with Gasteiger partial charge in [-0.25, -0.2) is 0 Å². The molecule has 0 atom stereocenters. The molecule has 0 saturated heterocycles. The molecule has 0 spiro atoms. The van der Waals surface area contributed by atoms with Gasteiger partial charge in [-0.1, -0.05) is 141 Å². The second kappa shape index (κ2) is 11.3. The van der Waals surface area contributed by atoms with E-state index in [0.29, 0.717) is 0 Å². The third kappa shape index (κ3) is 4.32. The van der Waals surface area contributed by atoms with Crippen LogP contribution in [0.5, 0.6) is 0 Å². The van der Waals surface area contributed by atoms with Gasteiger partial charge in [0.2, 0.25) is 0 Å². The van der Waals surface area contributed by atoms with Crippen molar-refractivity contribution < 1.29 is 0 Å². The molecule has 1 nitrogen and oxygen atoms in total. The highest BCUT2D eigenvalue weighted by atomic mass is 15.0. The first kappa shape index (κ1) is 30.2. The molecule has 0 fully saturated rings.